The topological polar surface area (TPSA) is 81.7 Å². The molecule has 4 aromatic rings. The minimum Gasteiger partial charge on any atom is -0.479 e. The molecule has 2 saturated heterocycles. The Kier molecular flexibility index (Phi) is 6.11. The van der Waals surface area contributed by atoms with E-state index in [1.807, 2.05) is 0 Å². The molecule has 1 aromatic carbocycles. The highest BCUT2D eigenvalue weighted by atomic mass is 19.1. The summed E-state index contributed by atoms with van der Waals surface area (Å²) in [6, 6.07) is 2.44. The van der Waals surface area contributed by atoms with Crippen LogP contribution in [0.4, 0.5) is 23.5 Å². The van der Waals surface area contributed by atoms with Crippen molar-refractivity contribution >= 4 is 22.5 Å². The van der Waals surface area contributed by atoms with Crippen molar-refractivity contribution < 1.29 is 27.0 Å². The van der Waals surface area contributed by atoms with Crippen LogP contribution in [0.25, 0.3) is 27.7 Å². The van der Waals surface area contributed by atoms with Gasteiger partial charge < -0.3 is 19.4 Å². The molecule has 0 radical (unpaired) electrons. The lowest BCUT2D eigenvalue weighted by Crippen LogP contribution is -2.57. The third kappa shape index (κ3) is 4.15. The van der Waals surface area contributed by atoms with Gasteiger partial charge in [-0.1, -0.05) is 0 Å². The number of hydrogen-bond acceptors (Lipinski definition) is 7. The molecule has 13 heteroatoms. The van der Waals surface area contributed by atoms with E-state index in [4.69, 9.17) is 9.47 Å². The van der Waals surface area contributed by atoms with Gasteiger partial charge in [-0.25, -0.2) is 27.1 Å². The number of alkyl halides is 2. The molecule has 2 aliphatic heterocycles. The molecule has 6 rings (SSSR count). The van der Waals surface area contributed by atoms with Crippen LogP contribution in [0, 0.1) is 11.6 Å². The summed E-state index contributed by atoms with van der Waals surface area (Å²) in [5, 5.41) is 7.36. The molecule has 2 fully saturated rings. The smallest absolute Gasteiger partial charge is 0.244 e. The number of piperidine rings is 1. The van der Waals surface area contributed by atoms with Gasteiger partial charge in [0.1, 0.15) is 23.9 Å². The Morgan fingerprint density at radius 1 is 1.22 bits per heavy atom. The van der Waals surface area contributed by atoms with Crippen molar-refractivity contribution in [2.24, 2.45) is 0 Å². The summed E-state index contributed by atoms with van der Waals surface area (Å²) in [7, 11) is 1.37. The van der Waals surface area contributed by atoms with E-state index in [1.54, 1.807) is 6.07 Å². The number of benzene rings is 1. The number of rotatable bonds is 7. The minimum atomic E-state index is -1.15. The lowest BCUT2D eigenvalue weighted by Gasteiger charge is -2.42. The number of aryl methyl sites for hydroxylation is 1. The van der Waals surface area contributed by atoms with Crippen molar-refractivity contribution in [1.29, 1.82) is 0 Å². The SMILES string of the molecule is COc1nc(N[C@@H]2CCN(C3COC3)C[C@H]2F)nn2cc(F)c(-c3cc(F)c4ncn(CCF)c4c3)c12. The molecule has 5 heterocycles. The van der Waals surface area contributed by atoms with E-state index < -0.39 is 30.5 Å². The number of nitrogens with zero attached hydrogens (tertiary/aromatic N) is 6. The number of imidazole rings is 1. The van der Waals surface area contributed by atoms with Crippen molar-refractivity contribution in [2.75, 3.05) is 45.4 Å². The Bertz CT molecular complexity index is 1450. The zero-order valence-corrected chi connectivity index (χ0v) is 20.0. The highest BCUT2D eigenvalue weighted by molar-refractivity contribution is 5.90. The second-order valence-electron chi connectivity index (χ2n) is 9.28. The number of methoxy groups -OCH3 is 1. The predicted octanol–water partition coefficient (Wildman–Crippen LogP) is 3.23. The maximum absolute atomic E-state index is 15.3. The molecular weight excluding hydrogens is 494 g/mol. The number of likely N-dealkylation sites (tertiary alicyclic amines) is 1. The molecule has 0 unspecified atom stereocenters. The monoisotopic (exact) mass is 519 g/mol. The van der Waals surface area contributed by atoms with E-state index in [2.05, 4.69) is 25.3 Å². The first-order chi connectivity index (χ1) is 18.0. The Balaban J connectivity index is 1.34. The molecule has 0 aliphatic carbocycles. The zero-order chi connectivity index (χ0) is 25.7. The van der Waals surface area contributed by atoms with Gasteiger partial charge in [0.25, 0.3) is 0 Å². The van der Waals surface area contributed by atoms with E-state index in [9.17, 15) is 13.2 Å². The third-order valence-electron chi connectivity index (χ3n) is 7.06. The van der Waals surface area contributed by atoms with E-state index in [0.29, 0.717) is 31.7 Å². The molecular formula is C24H25F4N7O2. The molecule has 2 atom stereocenters. The molecule has 9 nitrogen and oxygen atoms in total. The quantitative estimate of drug-likeness (QED) is 0.376. The van der Waals surface area contributed by atoms with Crippen LogP contribution < -0.4 is 10.1 Å². The van der Waals surface area contributed by atoms with Crippen LogP contribution in [-0.2, 0) is 11.3 Å². The van der Waals surface area contributed by atoms with Crippen molar-refractivity contribution in [1.82, 2.24) is 29.0 Å². The Morgan fingerprint density at radius 3 is 2.76 bits per heavy atom. The summed E-state index contributed by atoms with van der Waals surface area (Å²) in [5.74, 6) is -1.23. The number of nitrogens with one attached hydrogen (secondary N) is 1. The number of anilines is 1. The first-order valence-electron chi connectivity index (χ1n) is 12.0. The van der Waals surface area contributed by atoms with Crippen molar-refractivity contribution in [3.63, 3.8) is 0 Å². The van der Waals surface area contributed by atoms with Crippen LogP contribution in [0.2, 0.25) is 0 Å². The summed E-state index contributed by atoms with van der Waals surface area (Å²) in [4.78, 5) is 10.4. The first kappa shape index (κ1) is 23.9. The number of hydrogen-bond donors (Lipinski definition) is 1. The maximum Gasteiger partial charge on any atom is 0.244 e. The Hall–Kier alpha value is -3.45. The fourth-order valence-corrected chi connectivity index (χ4v) is 5.06. The predicted molar refractivity (Wildman–Crippen MR) is 127 cm³/mol. The van der Waals surface area contributed by atoms with Gasteiger partial charge in [0.15, 0.2) is 11.6 Å². The molecule has 37 heavy (non-hydrogen) atoms. The van der Waals surface area contributed by atoms with E-state index in [-0.39, 0.29) is 53.1 Å². The Labute approximate surface area is 209 Å². The molecule has 0 saturated carbocycles. The van der Waals surface area contributed by atoms with Crippen molar-refractivity contribution in [3.8, 4) is 17.0 Å². The molecule has 3 aromatic heterocycles. The van der Waals surface area contributed by atoms with Crippen LogP contribution >= 0.6 is 0 Å². The largest absolute Gasteiger partial charge is 0.479 e. The Morgan fingerprint density at radius 2 is 2.05 bits per heavy atom. The summed E-state index contributed by atoms with van der Waals surface area (Å²) in [5.41, 5.74) is 0.796. The molecule has 0 spiro atoms. The van der Waals surface area contributed by atoms with Crippen LogP contribution in [0.15, 0.2) is 24.7 Å². The van der Waals surface area contributed by atoms with Gasteiger partial charge in [0, 0.05) is 13.1 Å². The zero-order valence-electron chi connectivity index (χ0n) is 20.0. The number of fused-ring (bicyclic) bond motifs is 2. The van der Waals surface area contributed by atoms with Crippen LogP contribution in [0.5, 0.6) is 5.88 Å². The van der Waals surface area contributed by atoms with Crippen LogP contribution in [0.1, 0.15) is 6.42 Å². The maximum atomic E-state index is 15.3. The van der Waals surface area contributed by atoms with Gasteiger partial charge in [-0.3, -0.25) is 4.90 Å². The van der Waals surface area contributed by atoms with Gasteiger partial charge in [-0.2, -0.15) is 4.98 Å². The molecule has 0 bridgehead atoms. The summed E-state index contributed by atoms with van der Waals surface area (Å²) in [6.07, 6.45) is 1.86. The van der Waals surface area contributed by atoms with Crippen LogP contribution in [0.3, 0.4) is 0 Å². The molecule has 0 amide bonds. The van der Waals surface area contributed by atoms with E-state index in [0.717, 1.165) is 12.3 Å². The lowest BCUT2D eigenvalue weighted by molar-refractivity contribution is -0.0794. The molecule has 2 aliphatic rings. The summed E-state index contributed by atoms with van der Waals surface area (Å²) >= 11 is 0. The van der Waals surface area contributed by atoms with Gasteiger partial charge in [-0.05, 0) is 24.1 Å². The highest BCUT2D eigenvalue weighted by Crippen LogP contribution is 2.36. The molecule has 196 valence electrons. The second-order valence-corrected chi connectivity index (χ2v) is 9.28. The fraction of sp³-hybridized carbons (Fsp3) is 0.458. The van der Waals surface area contributed by atoms with Crippen molar-refractivity contribution in [3.05, 3.63) is 36.3 Å². The van der Waals surface area contributed by atoms with Gasteiger partial charge in [0.2, 0.25) is 11.8 Å². The van der Waals surface area contributed by atoms with Gasteiger partial charge >= 0.3 is 0 Å². The fourth-order valence-electron chi connectivity index (χ4n) is 5.06. The summed E-state index contributed by atoms with van der Waals surface area (Å²) in [6.45, 7) is 1.56. The van der Waals surface area contributed by atoms with E-state index in [1.165, 1.54) is 22.5 Å². The highest BCUT2D eigenvalue weighted by Gasteiger charge is 2.36. The first-order valence-corrected chi connectivity index (χ1v) is 12.0. The number of ether oxygens (including phenoxy) is 2. The average Bonchev–Trinajstić information content (AvgIpc) is 3.39. The van der Waals surface area contributed by atoms with Crippen LogP contribution in [-0.4, -0.2) is 87.4 Å². The number of aromatic nitrogens is 5. The normalized spacial score (nSPS) is 21.0. The van der Waals surface area contributed by atoms with Gasteiger partial charge in [0.05, 0.1) is 62.6 Å². The number of halogens is 4. The lowest BCUT2D eigenvalue weighted by atomic mass is 10.0. The van der Waals surface area contributed by atoms with Crippen molar-refractivity contribution in [2.45, 2.75) is 31.2 Å². The summed E-state index contributed by atoms with van der Waals surface area (Å²) < 4.78 is 71.4. The van der Waals surface area contributed by atoms with Gasteiger partial charge in [-0.15, -0.1) is 5.10 Å². The minimum absolute atomic E-state index is 0.0111. The second kappa shape index (κ2) is 9.45. The van der Waals surface area contributed by atoms with E-state index >= 15 is 4.39 Å². The standard InChI is InChI=1S/C24H25F4N7O2/c1-36-23-22-20(13-6-15(26)21-19(7-13)34(5-3-25)12-29-21)17(28)9-35(22)32-24(31-23)30-18-2-4-33(8-16(18)27)14-10-37-11-14/h6-7,9,12,14,16,18H,2-5,8,10-11H2,1H3,(H,30,32)/t16-,18-/m1/s1. The molecule has 1 N–H and O–H groups in total. The average molecular weight is 520 g/mol. The third-order valence-corrected chi connectivity index (χ3v) is 7.06.